The Morgan fingerprint density at radius 3 is 2.50 bits per heavy atom. The van der Waals surface area contributed by atoms with Gasteiger partial charge in [0.05, 0.1) is 12.1 Å². The van der Waals surface area contributed by atoms with Crippen molar-refractivity contribution in [1.82, 2.24) is 0 Å². The highest BCUT2D eigenvalue weighted by molar-refractivity contribution is 5.74. The van der Waals surface area contributed by atoms with Crippen molar-refractivity contribution >= 4 is 11.7 Å². The third-order valence-electron chi connectivity index (χ3n) is 3.49. The van der Waals surface area contributed by atoms with Crippen molar-refractivity contribution in [3.63, 3.8) is 0 Å². The number of hydrogen-bond acceptors (Lipinski definition) is 3. The summed E-state index contributed by atoms with van der Waals surface area (Å²) in [5.74, 6) is -0.864. The second-order valence-corrected chi connectivity index (χ2v) is 4.78. The number of aliphatic hydroxyl groups is 1. The summed E-state index contributed by atoms with van der Waals surface area (Å²) >= 11 is 0. The maximum absolute atomic E-state index is 11.0. The van der Waals surface area contributed by atoms with Crippen LogP contribution in [0.25, 0.3) is 0 Å². The zero-order valence-corrected chi connectivity index (χ0v) is 10.3. The van der Waals surface area contributed by atoms with Crippen LogP contribution in [-0.4, -0.2) is 34.9 Å². The molecule has 1 aliphatic carbocycles. The Labute approximate surface area is 107 Å². The van der Waals surface area contributed by atoms with Gasteiger partial charge in [0, 0.05) is 5.69 Å². The van der Waals surface area contributed by atoms with Crippen molar-refractivity contribution in [2.45, 2.75) is 37.8 Å². The standard InChI is InChI=1S/C14H19NO3/c16-13-9-5-4-8-12(13)15(10-14(17)18)11-6-2-1-3-7-11/h1-3,6-7,12-13,16H,4-5,8-10H2,(H,17,18). The summed E-state index contributed by atoms with van der Waals surface area (Å²) in [6.07, 6.45) is 3.24. The number of anilines is 1. The number of hydrogen-bond donors (Lipinski definition) is 2. The average Bonchev–Trinajstić information content (AvgIpc) is 2.38. The minimum Gasteiger partial charge on any atom is -0.480 e. The highest BCUT2D eigenvalue weighted by atomic mass is 16.4. The molecule has 1 aromatic carbocycles. The van der Waals surface area contributed by atoms with E-state index >= 15 is 0 Å². The molecule has 18 heavy (non-hydrogen) atoms. The number of nitrogens with zero attached hydrogens (tertiary/aromatic N) is 1. The molecule has 0 aromatic heterocycles. The first-order valence-electron chi connectivity index (χ1n) is 6.40. The van der Waals surface area contributed by atoms with Crippen molar-refractivity contribution in [1.29, 1.82) is 0 Å². The van der Waals surface area contributed by atoms with E-state index in [1.807, 2.05) is 35.2 Å². The second kappa shape index (κ2) is 5.87. The van der Waals surface area contributed by atoms with Crippen LogP contribution in [0.2, 0.25) is 0 Å². The first-order valence-corrected chi connectivity index (χ1v) is 6.40. The summed E-state index contributed by atoms with van der Waals surface area (Å²) in [7, 11) is 0. The number of aliphatic carboxylic acids is 1. The molecule has 1 saturated carbocycles. The molecule has 2 unspecified atom stereocenters. The Bertz CT molecular complexity index is 393. The lowest BCUT2D eigenvalue weighted by molar-refractivity contribution is -0.135. The van der Waals surface area contributed by atoms with Gasteiger partial charge in [-0.2, -0.15) is 0 Å². The fourth-order valence-electron chi connectivity index (χ4n) is 2.62. The Kier molecular flexibility index (Phi) is 4.20. The second-order valence-electron chi connectivity index (χ2n) is 4.78. The molecule has 1 aromatic rings. The topological polar surface area (TPSA) is 60.8 Å². The van der Waals surface area contributed by atoms with Gasteiger partial charge in [-0.05, 0) is 25.0 Å². The Balaban J connectivity index is 2.21. The molecule has 2 N–H and O–H groups in total. The first kappa shape index (κ1) is 12.9. The van der Waals surface area contributed by atoms with Crippen molar-refractivity contribution in [2.75, 3.05) is 11.4 Å². The number of carbonyl (C=O) groups is 1. The average molecular weight is 249 g/mol. The van der Waals surface area contributed by atoms with Crippen LogP contribution in [0, 0.1) is 0 Å². The van der Waals surface area contributed by atoms with Crippen molar-refractivity contribution in [2.24, 2.45) is 0 Å². The predicted octanol–water partition coefficient (Wildman–Crippen LogP) is 1.88. The lowest BCUT2D eigenvalue weighted by atomic mass is 9.91. The van der Waals surface area contributed by atoms with E-state index in [9.17, 15) is 9.90 Å². The van der Waals surface area contributed by atoms with Gasteiger partial charge in [0.25, 0.3) is 0 Å². The summed E-state index contributed by atoms with van der Waals surface area (Å²) in [5, 5.41) is 19.1. The number of para-hydroxylation sites is 1. The molecular weight excluding hydrogens is 230 g/mol. The maximum Gasteiger partial charge on any atom is 0.323 e. The molecule has 98 valence electrons. The third kappa shape index (κ3) is 3.01. The van der Waals surface area contributed by atoms with Gasteiger partial charge in [-0.15, -0.1) is 0 Å². The summed E-state index contributed by atoms with van der Waals surface area (Å²) < 4.78 is 0. The van der Waals surface area contributed by atoms with Gasteiger partial charge in [-0.3, -0.25) is 4.79 Å². The third-order valence-corrected chi connectivity index (χ3v) is 3.49. The molecular formula is C14H19NO3. The van der Waals surface area contributed by atoms with E-state index in [-0.39, 0.29) is 12.6 Å². The van der Waals surface area contributed by atoms with Crippen LogP contribution in [0.3, 0.4) is 0 Å². The van der Waals surface area contributed by atoms with Gasteiger partial charge < -0.3 is 15.1 Å². The van der Waals surface area contributed by atoms with Gasteiger partial charge in [-0.1, -0.05) is 31.0 Å². The molecule has 4 nitrogen and oxygen atoms in total. The maximum atomic E-state index is 11.0. The summed E-state index contributed by atoms with van der Waals surface area (Å²) in [6.45, 7) is -0.0637. The zero-order valence-electron chi connectivity index (χ0n) is 10.3. The highest BCUT2D eigenvalue weighted by Crippen LogP contribution is 2.27. The SMILES string of the molecule is O=C(O)CN(c1ccccc1)C1CCCCC1O. The Morgan fingerprint density at radius 2 is 1.89 bits per heavy atom. The van der Waals surface area contributed by atoms with E-state index < -0.39 is 12.1 Å². The van der Waals surface area contributed by atoms with Gasteiger partial charge in [-0.25, -0.2) is 0 Å². The zero-order chi connectivity index (χ0) is 13.0. The molecule has 1 fully saturated rings. The van der Waals surface area contributed by atoms with Crippen molar-refractivity contribution in [3.05, 3.63) is 30.3 Å². The molecule has 0 radical (unpaired) electrons. The van der Waals surface area contributed by atoms with Crippen LogP contribution in [0.15, 0.2) is 30.3 Å². The van der Waals surface area contributed by atoms with Crippen molar-refractivity contribution in [3.8, 4) is 0 Å². The van der Waals surface area contributed by atoms with Crippen LogP contribution >= 0.6 is 0 Å². The van der Waals surface area contributed by atoms with E-state index in [2.05, 4.69) is 0 Å². The van der Waals surface area contributed by atoms with Crippen molar-refractivity contribution < 1.29 is 15.0 Å². The van der Waals surface area contributed by atoms with Gasteiger partial charge in [0.15, 0.2) is 0 Å². The summed E-state index contributed by atoms with van der Waals surface area (Å²) in [4.78, 5) is 12.8. The molecule has 0 spiro atoms. The fraction of sp³-hybridized carbons (Fsp3) is 0.500. The number of rotatable bonds is 4. The minimum absolute atomic E-state index is 0.0637. The van der Waals surface area contributed by atoms with Gasteiger partial charge in [0.2, 0.25) is 0 Å². The minimum atomic E-state index is -0.864. The lowest BCUT2D eigenvalue weighted by Crippen LogP contribution is -2.47. The van der Waals surface area contributed by atoms with Crippen LogP contribution in [-0.2, 0) is 4.79 Å². The molecule has 0 heterocycles. The molecule has 4 heteroatoms. The lowest BCUT2D eigenvalue weighted by Gasteiger charge is -2.38. The molecule has 2 atom stereocenters. The van der Waals surface area contributed by atoms with Crippen LogP contribution in [0.5, 0.6) is 0 Å². The van der Waals surface area contributed by atoms with Crippen LogP contribution < -0.4 is 4.90 Å². The van der Waals surface area contributed by atoms with Crippen LogP contribution in [0.4, 0.5) is 5.69 Å². The molecule has 0 bridgehead atoms. The van der Waals surface area contributed by atoms with Gasteiger partial charge >= 0.3 is 5.97 Å². The van der Waals surface area contributed by atoms with Gasteiger partial charge in [0.1, 0.15) is 6.54 Å². The van der Waals surface area contributed by atoms with E-state index in [0.717, 1.165) is 31.4 Å². The van der Waals surface area contributed by atoms with Crippen LogP contribution in [0.1, 0.15) is 25.7 Å². The van der Waals surface area contributed by atoms with E-state index in [4.69, 9.17) is 5.11 Å². The number of benzene rings is 1. The van der Waals surface area contributed by atoms with E-state index in [0.29, 0.717) is 0 Å². The van der Waals surface area contributed by atoms with E-state index in [1.165, 1.54) is 0 Å². The smallest absolute Gasteiger partial charge is 0.323 e. The monoisotopic (exact) mass is 249 g/mol. The largest absolute Gasteiger partial charge is 0.480 e. The number of aliphatic hydroxyl groups excluding tert-OH is 1. The highest BCUT2D eigenvalue weighted by Gasteiger charge is 2.30. The number of carboxylic acid groups (broad SMARTS) is 1. The molecule has 2 rings (SSSR count). The van der Waals surface area contributed by atoms with E-state index in [1.54, 1.807) is 0 Å². The molecule has 0 saturated heterocycles. The predicted molar refractivity (Wildman–Crippen MR) is 69.7 cm³/mol. The molecule has 0 aliphatic heterocycles. The molecule has 1 aliphatic rings. The number of carboxylic acids is 1. The Morgan fingerprint density at radius 1 is 1.22 bits per heavy atom. The summed E-state index contributed by atoms with van der Waals surface area (Å²) in [6, 6.07) is 9.38. The molecule has 0 amide bonds. The normalized spacial score (nSPS) is 23.6. The summed E-state index contributed by atoms with van der Waals surface area (Å²) in [5.41, 5.74) is 0.867. The Hall–Kier alpha value is -1.55. The quantitative estimate of drug-likeness (QED) is 0.855. The first-order chi connectivity index (χ1) is 8.68. The fourth-order valence-corrected chi connectivity index (χ4v) is 2.62.